The number of aryl methyl sites for hydroxylation is 1. The normalized spacial score (nSPS) is 10.7. The molecule has 0 amide bonds. The molecular formula is C18H20F2O. The van der Waals surface area contributed by atoms with Crippen LogP contribution in [0.5, 0.6) is 5.75 Å². The van der Waals surface area contributed by atoms with Crippen molar-refractivity contribution in [2.75, 3.05) is 7.11 Å². The largest absolute Gasteiger partial charge is 0.494 e. The van der Waals surface area contributed by atoms with Gasteiger partial charge in [-0.2, -0.15) is 4.39 Å². The van der Waals surface area contributed by atoms with Crippen molar-refractivity contribution in [3.05, 3.63) is 53.6 Å². The quantitative estimate of drug-likeness (QED) is 0.650. The van der Waals surface area contributed by atoms with E-state index < -0.39 is 11.6 Å². The van der Waals surface area contributed by atoms with Gasteiger partial charge in [0.2, 0.25) is 5.82 Å². The number of hydrogen-bond donors (Lipinski definition) is 0. The summed E-state index contributed by atoms with van der Waals surface area (Å²) in [5.74, 6) is -1.89. The molecule has 21 heavy (non-hydrogen) atoms. The van der Waals surface area contributed by atoms with Gasteiger partial charge in [0.05, 0.1) is 7.11 Å². The third-order valence-corrected chi connectivity index (χ3v) is 3.60. The molecule has 0 aliphatic rings. The van der Waals surface area contributed by atoms with Crippen LogP contribution in [0.2, 0.25) is 0 Å². The van der Waals surface area contributed by atoms with Crippen molar-refractivity contribution in [2.45, 2.75) is 32.6 Å². The number of halogens is 2. The molecule has 0 N–H and O–H groups in total. The fourth-order valence-corrected chi connectivity index (χ4v) is 2.34. The van der Waals surface area contributed by atoms with Gasteiger partial charge in [-0.15, -0.1) is 0 Å². The molecule has 0 aliphatic heterocycles. The molecule has 0 fully saturated rings. The van der Waals surface area contributed by atoms with Crippen LogP contribution >= 0.6 is 0 Å². The molecule has 2 aromatic carbocycles. The van der Waals surface area contributed by atoms with Gasteiger partial charge in [-0.05, 0) is 36.1 Å². The van der Waals surface area contributed by atoms with Crippen molar-refractivity contribution in [1.82, 2.24) is 0 Å². The van der Waals surface area contributed by atoms with Gasteiger partial charge in [0.25, 0.3) is 0 Å². The van der Waals surface area contributed by atoms with Crippen LogP contribution < -0.4 is 4.74 Å². The minimum Gasteiger partial charge on any atom is -0.494 e. The Bertz CT molecular complexity index is 591. The molecule has 0 aromatic heterocycles. The highest BCUT2D eigenvalue weighted by Crippen LogP contribution is 2.29. The zero-order valence-electron chi connectivity index (χ0n) is 12.5. The molecule has 0 heterocycles. The molecule has 0 bridgehead atoms. The summed E-state index contributed by atoms with van der Waals surface area (Å²) in [5, 5.41) is 0. The van der Waals surface area contributed by atoms with Gasteiger partial charge < -0.3 is 4.74 Å². The van der Waals surface area contributed by atoms with Crippen molar-refractivity contribution >= 4 is 0 Å². The molecule has 1 nitrogen and oxygen atoms in total. The number of unbranched alkanes of at least 4 members (excludes halogenated alkanes) is 2. The van der Waals surface area contributed by atoms with Crippen LogP contribution in [0.4, 0.5) is 8.78 Å². The Morgan fingerprint density at radius 1 is 0.905 bits per heavy atom. The standard InChI is InChI=1S/C18H20F2O/c1-3-4-5-6-13-7-9-14(10-8-13)15-11-12-16(21-2)18(20)17(15)19/h7-12H,3-6H2,1-2H3. The van der Waals surface area contributed by atoms with Crippen molar-refractivity contribution < 1.29 is 13.5 Å². The van der Waals surface area contributed by atoms with E-state index in [-0.39, 0.29) is 11.3 Å². The lowest BCUT2D eigenvalue weighted by Crippen LogP contribution is -1.95. The second kappa shape index (κ2) is 7.21. The van der Waals surface area contributed by atoms with E-state index in [9.17, 15) is 8.78 Å². The minimum absolute atomic E-state index is 0.0764. The van der Waals surface area contributed by atoms with E-state index in [1.54, 1.807) is 6.07 Å². The van der Waals surface area contributed by atoms with Crippen LogP contribution in [0.1, 0.15) is 31.7 Å². The molecule has 3 heteroatoms. The molecule has 0 saturated heterocycles. The van der Waals surface area contributed by atoms with Gasteiger partial charge in [0.1, 0.15) is 0 Å². The third kappa shape index (κ3) is 3.60. The van der Waals surface area contributed by atoms with E-state index in [1.165, 1.54) is 31.6 Å². The average Bonchev–Trinajstić information content (AvgIpc) is 2.51. The maximum Gasteiger partial charge on any atom is 0.201 e. The molecule has 0 aliphatic carbocycles. The predicted molar refractivity (Wildman–Crippen MR) is 81.6 cm³/mol. The van der Waals surface area contributed by atoms with E-state index >= 15 is 0 Å². The molecule has 2 rings (SSSR count). The second-order valence-electron chi connectivity index (χ2n) is 5.10. The van der Waals surface area contributed by atoms with Crippen LogP contribution in [0.25, 0.3) is 11.1 Å². The lowest BCUT2D eigenvalue weighted by atomic mass is 10.0. The maximum absolute atomic E-state index is 14.0. The first kappa shape index (κ1) is 15.5. The third-order valence-electron chi connectivity index (χ3n) is 3.60. The molecule has 112 valence electrons. The molecule has 0 spiro atoms. The zero-order valence-corrected chi connectivity index (χ0v) is 12.5. The number of hydrogen-bond acceptors (Lipinski definition) is 1. The van der Waals surface area contributed by atoms with Gasteiger partial charge in [0.15, 0.2) is 11.6 Å². The van der Waals surface area contributed by atoms with Crippen LogP contribution in [0, 0.1) is 11.6 Å². The Morgan fingerprint density at radius 2 is 1.62 bits per heavy atom. The highest BCUT2D eigenvalue weighted by Gasteiger charge is 2.14. The lowest BCUT2D eigenvalue weighted by Gasteiger charge is -2.08. The Morgan fingerprint density at radius 3 is 2.24 bits per heavy atom. The molecule has 0 radical (unpaired) electrons. The van der Waals surface area contributed by atoms with Crippen LogP contribution in [-0.2, 0) is 6.42 Å². The second-order valence-corrected chi connectivity index (χ2v) is 5.10. The monoisotopic (exact) mass is 290 g/mol. The smallest absolute Gasteiger partial charge is 0.201 e. The van der Waals surface area contributed by atoms with E-state index in [0.29, 0.717) is 5.56 Å². The van der Waals surface area contributed by atoms with Crippen LogP contribution in [0.15, 0.2) is 36.4 Å². The van der Waals surface area contributed by atoms with Gasteiger partial charge in [0, 0.05) is 5.56 Å². The highest BCUT2D eigenvalue weighted by atomic mass is 19.2. The van der Waals surface area contributed by atoms with E-state index in [1.807, 2.05) is 24.3 Å². The summed E-state index contributed by atoms with van der Waals surface area (Å²) in [4.78, 5) is 0. The predicted octanol–water partition coefficient (Wildman–Crippen LogP) is 5.37. The van der Waals surface area contributed by atoms with E-state index in [4.69, 9.17) is 4.74 Å². The Kier molecular flexibility index (Phi) is 5.32. The number of rotatable bonds is 6. The summed E-state index contributed by atoms with van der Waals surface area (Å²) < 4.78 is 32.5. The average molecular weight is 290 g/mol. The van der Waals surface area contributed by atoms with Gasteiger partial charge in [-0.25, -0.2) is 4.39 Å². The van der Waals surface area contributed by atoms with E-state index in [2.05, 4.69) is 6.92 Å². The Hall–Kier alpha value is -1.90. The van der Waals surface area contributed by atoms with Gasteiger partial charge in [-0.3, -0.25) is 0 Å². The summed E-state index contributed by atoms with van der Waals surface area (Å²) in [6.45, 7) is 2.17. The molecule has 0 unspecified atom stereocenters. The van der Waals surface area contributed by atoms with Crippen LogP contribution in [-0.4, -0.2) is 7.11 Å². The van der Waals surface area contributed by atoms with E-state index in [0.717, 1.165) is 12.8 Å². The Labute approximate surface area is 124 Å². The Balaban J connectivity index is 2.21. The summed E-state index contributed by atoms with van der Waals surface area (Å²) in [7, 11) is 1.32. The molecular weight excluding hydrogens is 270 g/mol. The van der Waals surface area contributed by atoms with Crippen molar-refractivity contribution in [2.24, 2.45) is 0 Å². The topological polar surface area (TPSA) is 9.23 Å². The first-order chi connectivity index (χ1) is 10.2. The SMILES string of the molecule is CCCCCc1ccc(-c2ccc(OC)c(F)c2F)cc1. The van der Waals surface area contributed by atoms with Crippen molar-refractivity contribution in [3.8, 4) is 16.9 Å². The minimum atomic E-state index is -0.943. The number of benzene rings is 2. The zero-order chi connectivity index (χ0) is 15.2. The van der Waals surface area contributed by atoms with Crippen molar-refractivity contribution in [3.63, 3.8) is 0 Å². The van der Waals surface area contributed by atoms with Crippen LogP contribution in [0.3, 0.4) is 0 Å². The van der Waals surface area contributed by atoms with Gasteiger partial charge in [-0.1, -0.05) is 44.0 Å². The fraction of sp³-hybridized carbons (Fsp3) is 0.333. The maximum atomic E-state index is 14.0. The molecule has 0 saturated carbocycles. The number of methoxy groups -OCH3 is 1. The summed E-state index contributed by atoms with van der Waals surface area (Å²) in [6, 6.07) is 10.6. The summed E-state index contributed by atoms with van der Waals surface area (Å²) in [5.41, 5.74) is 2.16. The first-order valence-electron chi connectivity index (χ1n) is 7.28. The van der Waals surface area contributed by atoms with Gasteiger partial charge >= 0.3 is 0 Å². The molecule has 0 atom stereocenters. The molecule has 2 aromatic rings. The highest BCUT2D eigenvalue weighted by molar-refractivity contribution is 5.65. The van der Waals surface area contributed by atoms with Crippen molar-refractivity contribution in [1.29, 1.82) is 0 Å². The fourth-order valence-electron chi connectivity index (χ4n) is 2.34. The lowest BCUT2D eigenvalue weighted by molar-refractivity contribution is 0.372. The summed E-state index contributed by atoms with van der Waals surface area (Å²) >= 11 is 0. The number of ether oxygens (including phenoxy) is 1. The summed E-state index contributed by atoms with van der Waals surface area (Å²) in [6.07, 6.45) is 4.57. The first-order valence-corrected chi connectivity index (χ1v) is 7.28.